The topological polar surface area (TPSA) is 71.7 Å². The first-order chi connectivity index (χ1) is 14.2. The molecular weight excluding hydrogens is 384 g/mol. The number of aliphatic hydroxyl groups excluding tert-OH is 1. The van der Waals surface area contributed by atoms with Crippen LogP contribution < -0.4 is 10.1 Å². The number of nitrogens with zero attached hydrogens (tertiary/aromatic N) is 3. The summed E-state index contributed by atoms with van der Waals surface area (Å²) in [5, 5.41) is 14.6. The fourth-order valence-electron chi connectivity index (χ4n) is 4.06. The lowest BCUT2D eigenvalue weighted by Gasteiger charge is -2.27. The maximum atomic E-state index is 10.2. The van der Waals surface area contributed by atoms with Crippen molar-refractivity contribution >= 4 is 32.3 Å². The highest BCUT2D eigenvalue weighted by Gasteiger charge is 2.23. The Morgan fingerprint density at radius 1 is 1.24 bits per heavy atom. The van der Waals surface area contributed by atoms with E-state index in [2.05, 4.69) is 32.9 Å². The first kappa shape index (κ1) is 18.4. The lowest BCUT2D eigenvalue weighted by Crippen LogP contribution is -2.36. The molecule has 4 aromatic rings. The van der Waals surface area contributed by atoms with E-state index in [4.69, 9.17) is 9.72 Å². The molecule has 5 rings (SSSR count). The lowest BCUT2D eigenvalue weighted by atomic mass is 9.93. The standard InChI is InChI=1S/C22H24N4O2S/c1-28-16-8-9-26-15(13-23-21(26)12-16)10-14-6-7-18-20(11-14)29-22(25-18)24-17-4-2-3-5-19(17)27/h6-9,11-13,17,19,27H,2-5,10H2,1H3,(H,24,25). The molecule has 1 aliphatic rings. The monoisotopic (exact) mass is 408 g/mol. The van der Waals surface area contributed by atoms with Gasteiger partial charge in [0.1, 0.15) is 11.4 Å². The smallest absolute Gasteiger partial charge is 0.184 e. The highest BCUT2D eigenvalue weighted by molar-refractivity contribution is 7.22. The molecule has 2 atom stereocenters. The minimum absolute atomic E-state index is 0.110. The Labute approximate surface area is 173 Å². The molecule has 1 aromatic carbocycles. The SMILES string of the molecule is COc1ccn2c(Cc3ccc4nc(NC5CCCCC5O)sc4c3)cnc2c1. The molecule has 0 bridgehead atoms. The van der Waals surface area contributed by atoms with E-state index in [9.17, 15) is 5.11 Å². The van der Waals surface area contributed by atoms with E-state index >= 15 is 0 Å². The van der Waals surface area contributed by atoms with Gasteiger partial charge in [-0.15, -0.1) is 0 Å². The van der Waals surface area contributed by atoms with E-state index in [1.165, 1.54) is 5.56 Å². The number of fused-ring (bicyclic) bond motifs is 2. The molecule has 0 radical (unpaired) electrons. The van der Waals surface area contributed by atoms with Crippen molar-refractivity contribution in [1.29, 1.82) is 0 Å². The number of ether oxygens (including phenoxy) is 1. The molecule has 150 valence electrons. The van der Waals surface area contributed by atoms with Crippen LogP contribution in [0, 0.1) is 0 Å². The third-order valence-electron chi connectivity index (χ3n) is 5.67. The Bertz CT molecular complexity index is 1150. The Kier molecular flexibility index (Phi) is 4.85. The van der Waals surface area contributed by atoms with Gasteiger partial charge in [0, 0.05) is 30.6 Å². The first-order valence-electron chi connectivity index (χ1n) is 10.0. The van der Waals surface area contributed by atoms with Gasteiger partial charge in [-0.2, -0.15) is 0 Å². The number of methoxy groups -OCH3 is 1. The number of rotatable bonds is 5. The first-order valence-corrected chi connectivity index (χ1v) is 10.9. The van der Waals surface area contributed by atoms with Crippen molar-refractivity contribution < 1.29 is 9.84 Å². The zero-order chi connectivity index (χ0) is 19.8. The number of thiazole rings is 1. The van der Waals surface area contributed by atoms with Gasteiger partial charge in [0.25, 0.3) is 0 Å². The van der Waals surface area contributed by atoms with Crippen LogP contribution in [0.25, 0.3) is 15.9 Å². The van der Waals surface area contributed by atoms with Crippen LogP contribution in [0.1, 0.15) is 36.9 Å². The Morgan fingerprint density at radius 2 is 2.14 bits per heavy atom. The Hall–Kier alpha value is -2.64. The number of nitrogens with one attached hydrogen (secondary N) is 1. The second kappa shape index (κ2) is 7.65. The maximum absolute atomic E-state index is 10.2. The summed E-state index contributed by atoms with van der Waals surface area (Å²) < 4.78 is 8.53. The van der Waals surface area contributed by atoms with E-state index in [1.54, 1.807) is 18.4 Å². The molecule has 3 heterocycles. The number of anilines is 1. The van der Waals surface area contributed by atoms with Crippen molar-refractivity contribution in [2.75, 3.05) is 12.4 Å². The molecule has 1 aliphatic carbocycles. The second-order valence-electron chi connectivity index (χ2n) is 7.64. The van der Waals surface area contributed by atoms with Gasteiger partial charge in [-0.3, -0.25) is 0 Å². The van der Waals surface area contributed by atoms with Crippen LogP contribution in [0.2, 0.25) is 0 Å². The number of aromatic nitrogens is 3. The fourth-order valence-corrected chi connectivity index (χ4v) is 5.05. The average Bonchev–Trinajstić information content (AvgIpc) is 3.32. The number of pyridine rings is 1. The number of imidazole rings is 1. The van der Waals surface area contributed by atoms with Gasteiger partial charge in [0.15, 0.2) is 5.13 Å². The van der Waals surface area contributed by atoms with Crippen molar-refractivity contribution in [3.63, 3.8) is 0 Å². The average molecular weight is 409 g/mol. The number of benzene rings is 1. The van der Waals surface area contributed by atoms with Crippen LogP contribution in [0.15, 0.2) is 42.7 Å². The molecule has 0 saturated heterocycles. The minimum Gasteiger partial charge on any atom is -0.497 e. The molecule has 29 heavy (non-hydrogen) atoms. The number of aliphatic hydroxyl groups is 1. The predicted octanol–water partition coefficient (Wildman–Crippen LogP) is 4.26. The third kappa shape index (κ3) is 3.68. The van der Waals surface area contributed by atoms with Crippen molar-refractivity contribution in [2.24, 2.45) is 0 Å². The molecule has 6 nitrogen and oxygen atoms in total. The summed E-state index contributed by atoms with van der Waals surface area (Å²) in [5.41, 5.74) is 4.24. The van der Waals surface area contributed by atoms with Crippen LogP contribution >= 0.6 is 11.3 Å². The number of hydrogen-bond donors (Lipinski definition) is 2. The molecule has 0 spiro atoms. The fraction of sp³-hybridized carbons (Fsp3) is 0.364. The zero-order valence-corrected chi connectivity index (χ0v) is 17.2. The summed E-state index contributed by atoms with van der Waals surface area (Å²) in [6.07, 6.45) is 8.58. The van der Waals surface area contributed by atoms with Gasteiger partial charge >= 0.3 is 0 Å². The van der Waals surface area contributed by atoms with Gasteiger partial charge in [0.2, 0.25) is 0 Å². The van der Waals surface area contributed by atoms with Gasteiger partial charge < -0.3 is 19.6 Å². The minimum atomic E-state index is -0.278. The van der Waals surface area contributed by atoms with Crippen molar-refractivity contribution in [3.8, 4) is 5.75 Å². The van der Waals surface area contributed by atoms with Gasteiger partial charge in [-0.05, 0) is 36.6 Å². The molecule has 2 N–H and O–H groups in total. The van der Waals surface area contributed by atoms with Crippen LogP contribution in [0.4, 0.5) is 5.13 Å². The summed E-state index contributed by atoms with van der Waals surface area (Å²) in [4.78, 5) is 9.21. The van der Waals surface area contributed by atoms with E-state index in [-0.39, 0.29) is 12.1 Å². The highest BCUT2D eigenvalue weighted by atomic mass is 32.1. The molecule has 1 fully saturated rings. The molecule has 2 unspecified atom stereocenters. The van der Waals surface area contributed by atoms with Crippen molar-refractivity contribution in [2.45, 2.75) is 44.2 Å². The van der Waals surface area contributed by atoms with Gasteiger partial charge in [-0.25, -0.2) is 9.97 Å². The normalized spacial score (nSPS) is 19.7. The summed E-state index contributed by atoms with van der Waals surface area (Å²) in [6.45, 7) is 0. The molecule has 0 amide bonds. The van der Waals surface area contributed by atoms with Crippen molar-refractivity contribution in [1.82, 2.24) is 14.4 Å². The quantitative estimate of drug-likeness (QED) is 0.516. The maximum Gasteiger partial charge on any atom is 0.184 e. The lowest BCUT2D eigenvalue weighted by molar-refractivity contribution is 0.116. The largest absolute Gasteiger partial charge is 0.497 e. The van der Waals surface area contributed by atoms with Gasteiger partial charge in [-0.1, -0.05) is 30.2 Å². The van der Waals surface area contributed by atoms with Crippen LogP contribution in [0.5, 0.6) is 5.75 Å². The summed E-state index contributed by atoms with van der Waals surface area (Å²) in [7, 11) is 1.66. The number of hydrogen-bond acceptors (Lipinski definition) is 6. The summed E-state index contributed by atoms with van der Waals surface area (Å²) >= 11 is 1.66. The van der Waals surface area contributed by atoms with Gasteiger partial charge in [0.05, 0.1) is 29.5 Å². The molecule has 0 aliphatic heterocycles. The van der Waals surface area contributed by atoms with Crippen LogP contribution in [0.3, 0.4) is 0 Å². The summed E-state index contributed by atoms with van der Waals surface area (Å²) in [6, 6.07) is 10.4. The van der Waals surface area contributed by atoms with E-state index in [0.717, 1.165) is 64.5 Å². The molecule has 7 heteroatoms. The van der Waals surface area contributed by atoms with Crippen LogP contribution in [-0.4, -0.2) is 38.7 Å². The summed E-state index contributed by atoms with van der Waals surface area (Å²) in [5.74, 6) is 0.809. The molecule has 1 saturated carbocycles. The Morgan fingerprint density at radius 3 is 3.00 bits per heavy atom. The third-order valence-corrected chi connectivity index (χ3v) is 6.62. The van der Waals surface area contributed by atoms with E-state index in [0.29, 0.717) is 0 Å². The highest BCUT2D eigenvalue weighted by Crippen LogP contribution is 2.30. The van der Waals surface area contributed by atoms with E-state index < -0.39 is 0 Å². The zero-order valence-electron chi connectivity index (χ0n) is 16.3. The second-order valence-corrected chi connectivity index (χ2v) is 8.68. The Balaban J connectivity index is 1.37. The predicted molar refractivity (Wildman–Crippen MR) is 116 cm³/mol. The molecular formula is C22H24N4O2S. The van der Waals surface area contributed by atoms with Crippen LogP contribution in [-0.2, 0) is 6.42 Å². The van der Waals surface area contributed by atoms with Crippen molar-refractivity contribution in [3.05, 3.63) is 54.0 Å². The van der Waals surface area contributed by atoms with E-state index in [1.807, 2.05) is 24.5 Å². The molecule has 3 aromatic heterocycles.